The summed E-state index contributed by atoms with van der Waals surface area (Å²) in [5.74, 6) is 0.0591. The van der Waals surface area contributed by atoms with Crippen LogP contribution in [0.5, 0.6) is 0 Å². The summed E-state index contributed by atoms with van der Waals surface area (Å²) >= 11 is 3.37. The van der Waals surface area contributed by atoms with Crippen LogP contribution < -0.4 is 0 Å². The molecule has 2 aromatic rings. The predicted molar refractivity (Wildman–Crippen MR) is 53.8 cm³/mol. The van der Waals surface area contributed by atoms with Crippen molar-refractivity contribution in [2.45, 2.75) is 6.92 Å². The molecule has 0 bridgehead atoms. The van der Waals surface area contributed by atoms with E-state index in [1.54, 1.807) is 19.2 Å². The van der Waals surface area contributed by atoms with Crippen molar-refractivity contribution in [2.24, 2.45) is 0 Å². The topological polar surface area (TPSA) is 45.8 Å². The minimum Gasteiger partial charge on any atom is -0.295 e. The molecule has 0 spiro atoms. The number of aromatic amines is 1. The second-order valence-electron chi connectivity index (χ2n) is 2.85. The number of fused-ring (bicyclic) bond motifs is 1. The number of Topliss-reactive ketones (excluding diaryl/α,β-unsaturated/α-hetero) is 1. The molecule has 2 rings (SSSR count). The van der Waals surface area contributed by atoms with Crippen molar-refractivity contribution in [3.63, 3.8) is 0 Å². The molecule has 0 fully saturated rings. The molecule has 3 nitrogen and oxygen atoms in total. The zero-order chi connectivity index (χ0) is 9.42. The second-order valence-corrected chi connectivity index (χ2v) is 3.70. The maximum atomic E-state index is 11.1. The minimum absolute atomic E-state index is 0.0591. The van der Waals surface area contributed by atoms with Gasteiger partial charge >= 0.3 is 0 Å². The molecule has 1 aromatic heterocycles. The molecule has 0 aliphatic carbocycles. The molecule has 13 heavy (non-hydrogen) atoms. The van der Waals surface area contributed by atoms with Gasteiger partial charge in [-0.05, 0) is 35.0 Å². The lowest BCUT2D eigenvalue weighted by atomic mass is 10.1. The molecular formula is C9H7BrN2O. The monoisotopic (exact) mass is 238 g/mol. The van der Waals surface area contributed by atoms with Gasteiger partial charge in [0, 0.05) is 15.4 Å². The Morgan fingerprint density at radius 1 is 1.54 bits per heavy atom. The Bertz CT molecular complexity index is 475. The highest BCUT2D eigenvalue weighted by Crippen LogP contribution is 2.23. The summed E-state index contributed by atoms with van der Waals surface area (Å²) in [4.78, 5) is 11.1. The fourth-order valence-electron chi connectivity index (χ4n) is 1.22. The van der Waals surface area contributed by atoms with E-state index < -0.39 is 0 Å². The molecule has 0 atom stereocenters. The number of nitrogens with one attached hydrogen (secondary N) is 1. The van der Waals surface area contributed by atoms with Crippen molar-refractivity contribution in [2.75, 3.05) is 0 Å². The summed E-state index contributed by atoms with van der Waals surface area (Å²) < 4.78 is 0.868. The third kappa shape index (κ3) is 1.37. The van der Waals surface area contributed by atoms with Crippen LogP contribution in [-0.2, 0) is 0 Å². The van der Waals surface area contributed by atoms with Gasteiger partial charge in [0.15, 0.2) is 5.78 Å². The molecule has 0 aliphatic heterocycles. The molecule has 0 saturated carbocycles. The van der Waals surface area contributed by atoms with Gasteiger partial charge in [0.25, 0.3) is 0 Å². The molecule has 0 aliphatic rings. The average molecular weight is 239 g/mol. The first-order valence-corrected chi connectivity index (χ1v) is 4.61. The summed E-state index contributed by atoms with van der Waals surface area (Å²) in [6.07, 6.45) is 1.70. The number of carbonyl (C=O) groups is 1. The van der Waals surface area contributed by atoms with Gasteiger partial charge in [-0.2, -0.15) is 5.10 Å². The molecule has 0 amide bonds. The van der Waals surface area contributed by atoms with Crippen LogP contribution in [0, 0.1) is 0 Å². The lowest BCUT2D eigenvalue weighted by Crippen LogP contribution is -1.91. The highest BCUT2D eigenvalue weighted by molar-refractivity contribution is 9.10. The summed E-state index contributed by atoms with van der Waals surface area (Å²) in [6.45, 7) is 1.55. The zero-order valence-electron chi connectivity index (χ0n) is 6.97. The Morgan fingerprint density at radius 2 is 2.31 bits per heavy atom. The van der Waals surface area contributed by atoms with Gasteiger partial charge in [-0.15, -0.1) is 0 Å². The van der Waals surface area contributed by atoms with E-state index in [4.69, 9.17) is 0 Å². The van der Waals surface area contributed by atoms with E-state index in [1.165, 1.54) is 0 Å². The number of carbonyl (C=O) groups excluding carboxylic acids is 1. The van der Waals surface area contributed by atoms with Crippen molar-refractivity contribution < 1.29 is 4.79 Å². The number of ketones is 1. The van der Waals surface area contributed by atoms with E-state index in [-0.39, 0.29) is 5.78 Å². The number of rotatable bonds is 1. The van der Waals surface area contributed by atoms with E-state index in [1.807, 2.05) is 6.07 Å². The van der Waals surface area contributed by atoms with Crippen molar-refractivity contribution in [3.8, 4) is 0 Å². The number of hydrogen-bond acceptors (Lipinski definition) is 2. The van der Waals surface area contributed by atoms with E-state index >= 15 is 0 Å². The fraction of sp³-hybridized carbons (Fsp3) is 0.111. The van der Waals surface area contributed by atoms with Gasteiger partial charge in [0.1, 0.15) is 0 Å². The van der Waals surface area contributed by atoms with Gasteiger partial charge in [-0.1, -0.05) is 0 Å². The third-order valence-corrected chi connectivity index (χ3v) is 2.53. The molecule has 66 valence electrons. The first-order chi connectivity index (χ1) is 6.18. The SMILES string of the molecule is CC(=O)c1cc(Br)c2[nH]ncc2c1. The summed E-state index contributed by atoms with van der Waals surface area (Å²) in [5.41, 5.74) is 1.62. The van der Waals surface area contributed by atoms with Crippen molar-refractivity contribution in [3.05, 3.63) is 28.4 Å². The van der Waals surface area contributed by atoms with Crippen LogP contribution in [0.2, 0.25) is 0 Å². The van der Waals surface area contributed by atoms with E-state index in [9.17, 15) is 4.79 Å². The smallest absolute Gasteiger partial charge is 0.159 e. The molecule has 0 unspecified atom stereocenters. The molecule has 1 N–H and O–H groups in total. The highest BCUT2D eigenvalue weighted by Gasteiger charge is 2.06. The fourth-order valence-corrected chi connectivity index (χ4v) is 1.78. The molecule has 4 heteroatoms. The first kappa shape index (κ1) is 8.44. The lowest BCUT2D eigenvalue weighted by molar-refractivity contribution is 0.101. The third-order valence-electron chi connectivity index (χ3n) is 1.91. The Labute approximate surface area is 83.3 Å². The van der Waals surface area contributed by atoms with Crippen LogP contribution in [0.3, 0.4) is 0 Å². The second kappa shape index (κ2) is 2.96. The molecule has 1 aromatic carbocycles. The van der Waals surface area contributed by atoms with Crippen LogP contribution in [0.15, 0.2) is 22.8 Å². The largest absolute Gasteiger partial charge is 0.295 e. The van der Waals surface area contributed by atoms with E-state index in [0.29, 0.717) is 5.56 Å². The van der Waals surface area contributed by atoms with Gasteiger partial charge in [-0.3, -0.25) is 9.89 Å². The van der Waals surface area contributed by atoms with Crippen molar-refractivity contribution in [1.29, 1.82) is 0 Å². The van der Waals surface area contributed by atoms with Gasteiger partial charge in [0.05, 0.1) is 11.7 Å². The van der Waals surface area contributed by atoms with Crippen molar-refractivity contribution in [1.82, 2.24) is 10.2 Å². The lowest BCUT2D eigenvalue weighted by Gasteiger charge is -1.97. The van der Waals surface area contributed by atoms with E-state index in [0.717, 1.165) is 15.4 Å². The molecular weight excluding hydrogens is 232 g/mol. The number of nitrogens with zero attached hydrogens (tertiary/aromatic N) is 1. The molecule has 0 saturated heterocycles. The summed E-state index contributed by atoms with van der Waals surface area (Å²) in [6, 6.07) is 3.62. The number of halogens is 1. The van der Waals surface area contributed by atoms with Gasteiger partial charge in [0.2, 0.25) is 0 Å². The summed E-state index contributed by atoms with van der Waals surface area (Å²) in [7, 11) is 0. The molecule has 1 heterocycles. The average Bonchev–Trinajstić information content (AvgIpc) is 2.51. The minimum atomic E-state index is 0.0591. The molecule has 0 radical (unpaired) electrons. The number of hydrogen-bond donors (Lipinski definition) is 1. The Hall–Kier alpha value is -1.16. The Morgan fingerprint density at radius 3 is 3.00 bits per heavy atom. The number of benzene rings is 1. The predicted octanol–water partition coefficient (Wildman–Crippen LogP) is 2.53. The van der Waals surface area contributed by atoms with Crippen LogP contribution in [-0.4, -0.2) is 16.0 Å². The number of H-pyrrole nitrogens is 1. The van der Waals surface area contributed by atoms with Gasteiger partial charge < -0.3 is 0 Å². The zero-order valence-corrected chi connectivity index (χ0v) is 8.55. The summed E-state index contributed by atoms with van der Waals surface area (Å²) in [5, 5.41) is 7.69. The first-order valence-electron chi connectivity index (χ1n) is 3.82. The maximum Gasteiger partial charge on any atom is 0.159 e. The Kier molecular flexibility index (Phi) is 1.92. The van der Waals surface area contributed by atoms with Crippen LogP contribution >= 0.6 is 15.9 Å². The van der Waals surface area contributed by atoms with E-state index in [2.05, 4.69) is 26.1 Å². The van der Waals surface area contributed by atoms with Crippen molar-refractivity contribution >= 4 is 32.6 Å². The van der Waals surface area contributed by atoms with Crippen LogP contribution in [0.4, 0.5) is 0 Å². The highest BCUT2D eigenvalue weighted by atomic mass is 79.9. The van der Waals surface area contributed by atoms with Crippen LogP contribution in [0.25, 0.3) is 10.9 Å². The normalized spacial score (nSPS) is 10.6. The quantitative estimate of drug-likeness (QED) is 0.777. The van der Waals surface area contributed by atoms with Crippen LogP contribution in [0.1, 0.15) is 17.3 Å². The Balaban J connectivity index is 2.77. The van der Waals surface area contributed by atoms with Gasteiger partial charge in [-0.25, -0.2) is 0 Å². The standard InChI is InChI=1S/C9H7BrN2O/c1-5(13)6-2-7-4-11-12-9(7)8(10)3-6/h2-4H,1H3,(H,11,12). The number of aromatic nitrogens is 2. The maximum absolute atomic E-state index is 11.1.